The van der Waals surface area contributed by atoms with Gasteiger partial charge in [0.05, 0.1) is 0 Å². The van der Waals surface area contributed by atoms with Crippen molar-refractivity contribution >= 4 is 24.2 Å². The van der Waals surface area contributed by atoms with E-state index in [4.69, 9.17) is 21.4 Å². The van der Waals surface area contributed by atoms with Gasteiger partial charge in [0.25, 0.3) is 0 Å². The molecule has 5 nitrogen and oxygen atoms in total. The van der Waals surface area contributed by atoms with Crippen LogP contribution in [0.5, 0.6) is 0 Å². The lowest BCUT2D eigenvalue weighted by molar-refractivity contribution is -0.106. The maximum Gasteiger partial charge on any atom is 0.182 e. The number of imidazole rings is 1. The molecule has 1 aromatic carbocycles. The Balaban J connectivity index is 0.000000595. The number of H-pyrrole nitrogens is 1. The van der Waals surface area contributed by atoms with E-state index in [1.165, 1.54) is 6.92 Å². The number of aldehydes is 1. The maximum absolute atomic E-state index is 8.81. The number of nitrogens with one attached hydrogen (secondary N) is 2. The summed E-state index contributed by atoms with van der Waals surface area (Å²) in [6.07, 6.45) is 2.70. The summed E-state index contributed by atoms with van der Waals surface area (Å²) >= 11 is 5.37. The standard InChI is InChI=1S/C15H15N3OS.C2H4O/c1-10-3-8-14(19-10)13-9-18(15(20)17-13)12-6-4-11(16-2)5-7-12;1-2-3/h3-9,16H,1-2H3,(H,17,20);2H,1H3. The topological polar surface area (TPSA) is 63.0 Å². The molecule has 0 radical (unpaired) electrons. The SMILES string of the molecule is CC=O.CNc1ccc(-n2cc(-c3ccc(C)o3)[nH]c2=S)cc1. The highest BCUT2D eigenvalue weighted by atomic mass is 32.1. The summed E-state index contributed by atoms with van der Waals surface area (Å²) in [4.78, 5) is 12.0. The highest BCUT2D eigenvalue weighted by Crippen LogP contribution is 2.22. The Kier molecular flexibility index (Phi) is 5.54. The van der Waals surface area contributed by atoms with E-state index >= 15 is 0 Å². The molecule has 120 valence electrons. The molecule has 0 fully saturated rings. The highest BCUT2D eigenvalue weighted by molar-refractivity contribution is 7.71. The summed E-state index contributed by atoms with van der Waals surface area (Å²) in [5.74, 6) is 1.67. The molecule has 2 aromatic heterocycles. The number of anilines is 1. The van der Waals surface area contributed by atoms with Crippen LogP contribution in [0.15, 0.2) is 47.0 Å². The van der Waals surface area contributed by atoms with E-state index in [-0.39, 0.29) is 0 Å². The Hall–Kier alpha value is -2.60. The maximum atomic E-state index is 8.81. The fourth-order valence-corrected chi connectivity index (χ4v) is 2.35. The second kappa shape index (κ2) is 7.60. The molecule has 3 rings (SSSR count). The zero-order valence-electron chi connectivity index (χ0n) is 13.3. The van der Waals surface area contributed by atoms with Gasteiger partial charge in [0.2, 0.25) is 0 Å². The molecule has 6 heteroatoms. The molecule has 0 amide bonds. The van der Waals surface area contributed by atoms with Crippen LogP contribution < -0.4 is 5.32 Å². The number of aromatic amines is 1. The highest BCUT2D eigenvalue weighted by Gasteiger charge is 2.08. The number of carbonyl (C=O) groups is 1. The van der Waals surface area contributed by atoms with Crippen molar-refractivity contribution in [2.45, 2.75) is 13.8 Å². The van der Waals surface area contributed by atoms with Crippen molar-refractivity contribution in [3.8, 4) is 17.1 Å². The zero-order chi connectivity index (χ0) is 16.8. The number of carbonyl (C=O) groups excluding carboxylic acids is 1. The summed E-state index contributed by atoms with van der Waals surface area (Å²) in [6, 6.07) is 11.9. The number of nitrogens with zero attached hydrogens (tertiary/aromatic N) is 1. The Morgan fingerprint density at radius 3 is 2.39 bits per heavy atom. The van der Waals surface area contributed by atoms with Crippen molar-refractivity contribution in [1.82, 2.24) is 9.55 Å². The van der Waals surface area contributed by atoms with Gasteiger partial charge in [-0.25, -0.2) is 0 Å². The molecule has 23 heavy (non-hydrogen) atoms. The van der Waals surface area contributed by atoms with E-state index in [0.717, 1.165) is 34.9 Å². The Bertz CT molecular complexity index is 828. The van der Waals surface area contributed by atoms with Crippen molar-refractivity contribution in [3.05, 3.63) is 53.1 Å². The van der Waals surface area contributed by atoms with Gasteiger partial charge in [-0.1, -0.05) is 0 Å². The average molecular weight is 329 g/mol. The first-order valence-electron chi connectivity index (χ1n) is 7.15. The van der Waals surface area contributed by atoms with Gasteiger partial charge >= 0.3 is 0 Å². The predicted molar refractivity (Wildman–Crippen MR) is 94.7 cm³/mol. The zero-order valence-corrected chi connectivity index (χ0v) is 14.1. The molecule has 0 saturated heterocycles. The Morgan fingerprint density at radius 1 is 1.22 bits per heavy atom. The molecule has 0 aliphatic heterocycles. The smallest absolute Gasteiger partial charge is 0.182 e. The van der Waals surface area contributed by atoms with E-state index < -0.39 is 0 Å². The molecule has 0 saturated carbocycles. The Labute approximate surface area is 140 Å². The normalized spacial score (nSPS) is 9.87. The van der Waals surface area contributed by atoms with Crippen LogP contribution in [0.4, 0.5) is 5.69 Å². The lowest BCUT2D eigenvalue weighted by atomic mass is 10.3. The minimum absolute atomic E-state index is 0.645. The van der Waals surface area contributed by atoms with Crippen LogP contribution in [0, 0.1) is 11.7 Å². The van der Waals surface area contributed by atoms with Crippen molar-refractivity contribution < 1.29 is 9.21 Å². The fraction of sp³-hybridized carbons (Fsp3) is 0.176. The summed E-state index contributed by atoms with van der Waals surface area (Å²) in [7, 11) is 1.90. The summed E-state index contributed by atoms with van der Waals surface area (Å²) in [5.41, 5.74) is 2.96. The van der Waals surface area contributed by atoms with Gasteiger partial charge in [-0.2, -0.15) is 0 Å². The molecule has 0 bridgehead atoms. The third-order valence-electron chi connectivity index (χ3n) is 3.16. The molecule has 0 spiro atoms. The molecule has 0 aliphatic carbocycles. The predicted octanol–water partition coefficient (Wildman–Crippen LogP) is 4.35. The van der Waals surface area contributed by atoms with Crippen molar-refractivity contribution in [2.24, 2.45) is 0 Å². The van der Waals surface area contributed by atoms with Crippen LogP contribution in [0.3, 0.4) is 0 Å². The van der Waals surface area contributed by atoms with Gasteiger partial charge in [0, 0.05) is 24.6 Å². The van der Waals surface area contributed by atoms with Gasteiger partial charge in [-0.05, 0) is 62.5 Å². The number of hydrogen-bond acceptors (Lipinski definition) is 4. The average Bonchev–Trinajstić information content (AvgIpc) is 3.14. The lowest BCUT2D eigenvalue weighted by Gasteiger charge is -2.04. The van der Waals surface area contributed by atoms with Crippen LogP contribution >= 0.6 is 12.2 Å². The van der Waals surface area contributed by atoms with E-state index in [0.29, 0.717) is 4.77 Å². The van der Waals surface area contributed by atoms with Crippen molar-refractivity contribution in [2.75, 3.05) is 12.4 Å². The molecule has 3 aromatic rings. The summed E-state index contributed by atoms with van der Waals surface area (Å²) in [5, 5.41) is 3.10. The summed E-state index contributed by atoms with van der Waals surface area (Å²) < 4.78 is 8.19. The van der Waals surface area contributed by atoms with Crippen LogP contribution in [0.2, 0.25) is 0 Å². The third kappa shape index (κ3) is 3.98. The number of aromatic nitrogens is 2. The molecule has 2 N–H and O–H groups in total. The monoisotopic (exact) mass is 329 g/mol. The molecule has 2 heterocycles. The van der Waals surface area contributed by atoms with Gasteiger partial charge in [-0.15, -0.1) is 0 Å². The molecule has 0 aliphatic rings. The molecule has 0 atom stereocenters. The van der Waals surface area contributed by atoms with Crippen LogP contribution in [-0.2, 0) is 4.79 Å². The Morgan fingerprint density at radius 2 is 1.87 bits per heavy atom. The second-order valence-electron chi connectivity index (χ2n) is 4.79. The molecule has 0 unspecified atom stereocenters. The van der Waals surface area contributed by atoms with Gasteiger partial charge in [0.1, 0.15) is 17.7 Å². The lowest BCUT2D eigenvalue weighted by Crippen LogP contribution is -1.93. The van der Waals surface area contributed by atoms with Gasteiger partial charge < -0.3 is 19.5 Å². The number of furan rings is 1. The number of aryl methyl sites for hydroxylation is 1. The van der Waals surface area contributed by atoms with E-state index in [1.54, 1.807) is 0 Å². The van der Waals surface area contributed by atoms with Crippen molar-refractivity contribution in [3.63, 3.8) is 0 Å². The minimum atomic E-state index is 0.645. The quantitative estimate of drug-likeness (QED) is 0.554. The molecular formula is C17H19N3O2S. The van der Waals surface area contributed by atoms with Crippen LogP contribution in [0.25, 0.3) is 17.1 Å². The number of benzene rings is 1. The number of rotatable bonds is 3. The largest absolute Gasteiger partial charge is 0.460 e. The summed E-state index contributed by atoms with van der Waals surface area (Å²) in [6.45, 7) is 3.37. The molecular weight excluding hydrogens is 310 g/mol. The third-order valence-corrected chi connectivity index (χ3v) is 3.46. The van der Waals surface area contributed by atoms with E-state index in [2.05, 4.69) is 10.3 Å². The van der Waals surface area contributed by atoms with Crippen LogP contribution in [0.1, 0.15) is 12.7 Å². The fourth-order valence-electron chi connectivity index (χ4n) is 2.08. The van der Waals surface area contributed by atoms with E-state index in [1.807, 2.05) is 61.1 Å². The van der Waals surface area contributed by atoms with Crippen LogP contribution in [-0.4, -0.2) is 22.9 Å². The minimum Gasteiger partial charge on any atom is -0.460 e. The first-order chi connectivity index (χ1) is 11.1. The second-order valence-corrected chi connectivity index (χ2v) is 5.17. The number of hydrogen-bond donors (Lipinski definition) is 2. The van der Waals surface area contributed by atoms with Gasteiger partial charge in [0.15, 0.2) is 10.5 Å². The van der Waals surface area contributed by atoms with E-state index in [9.17, 15) is 0 Å². The first kappa shape index (κ1) is 16.8. The first-order valence-corrected chi connectivity index (χ1v) is 7.56. The van der Waals surface area contributed by atoms with Crippen molar-refractivity contribution in [1.29, 1.82) is 0 Å². The van der Waals surface area contributed by atoms with Gasteiger partial charge in [-0.3, -0.25) is 4.57 Å².